The van der Waals surface area contributed by atoms with E-state index in [9.17, 15) is 9.90 Å². The van der Waals surface area contributed by atoms with Crippen LogP contribution < -0.4 is 4.90 Å². The van der Waals surface area contributed by atoms with E-state index < -0.39 is 5.41 Å². The first kappa shape index (κ1) is 14.8. The lowest BCUT2D eigenvalue weighted by Crippen LogP contribution is -2.33. The van der Waals surface area contributed by atoms with E-state index in [4.69, 9.17) is 4.98 Å². The lowest BCUT2D eigenvalue weighted by Gasteiger charge is -2.16. The Morgan fingerprint density at radius 2 is 1.75 bits per heavy atom. The first-order valence-corrected chi connectivity index (χ1v) is 7.89. The van der Waals surface area contributed by atoms with Crippen LogP contribution in [0.4, 0.5) is 5.69 Å². The van der Waals surface area contributed by atoms with Gasteiger partial charge in [0.05, 0.1) is 16.4 Å². The molecule has 1 N–H and O–H groups in total. The second-order valence-corrected chi connectivity index (χ2v) is 6.89. The van der Waals surface area contributed by atoms with Crippen molar-refractivity contribution in [2.45, 2.75) is 19.3 Å². The van der Waals surface area contributed by atoms with Crippen LogP contribution in [0.5, 0.6) is 5.75 Å². The fraction of sp³-hybridized carbons (Fsp3) is 0.263. The zero-order chi connectivity index (χ0) is 17.2. The summed E-state index contributed by atoms with van der Waals surface area (Å²) in [6.07, 6.45) is 0. The minimum Gasteiger partial charge on any atom is -0.508 e. The number of rotatable bonds is 1. The third kappa shape index (κ3) is 1.81. The number of benzene rings is 2. The Morgan fingerprint density at radius 3 is 2.42 bits per heavy atom. The normalized spacial score (nSPS) is 16.0. The summed E-state index contributed by atoms with van der Waals surface area (Å²) in [6, 6.07) is 11.1. The van der Waals surface area contributed by atoms with Crippen molar-refractivity contribution in [3.8, 4) is 17.1 Å². The second-order valence-electron chi connectivity index (χ2n) is 6.89. The van der Waals surface area contributed by atoms with E-state index in [-0.39, 0.29) is 11.7 Å². The van der Waals surface area contributed by atoms with Gasteiger partial charge in [0.1, 0.15) is 11.6 Å². The summed E-state index contributed by atoms with van der Waals surface area (Å²) < 4.78 is 2.02. The van der Waals surface area contributed by atoms with Crippen LogP contribution in [-0.4, -0.2) is 27.6 Å². The van der Waals surface area contributed by atoms with E-state index in [1.807, 2.05) is 56.8 Å². The summed E-state index contributed by atoms with van der Waals surface area (Å²) in [5.74, 6) is 1.17. The predicted molar refractivity (Wildman–Crippen MR) is 94.3 cm³/mol. The fourth-order valence-electron chi connectivity index (χ4n) is 3.52. The first-order chi connectivity index (χ1) is 11.3. The number of hydrogen-bond acceptors (Lipinski definition) is 3. The lowest BCUT2D eigenvalue weighted by molar-refractivity contribution is -0.121. The molecule has 4 rings (SSSR count). The van der Waals surface area contributed by atoms with Gasteiger partial charge in [-0.15, -0.1) is 0 Å². The maximum atomic E-state index is 12.5. The van der Waals surface area contributed by atoms with Gasteiger partial charge in [-0.25, -0.2) is 4.98 Å². The molecule has 1 aliphatic heterocycles. The van der Waals surface area contributed by atoms with E-state index >= 15 is 0 Å². The van der Waals surface area contributed by atoms with Gasteiger partial charge in [0.25, 0.3) is 0 Å². The molecule has 0 bridgehead atoms. The number of phenolic OH excluding ortho intramolecular Hbond substituents is 1. The maximum absolute atomic E-state index is 12.5. The van der Waals surface area contributed by atoms with Gasteiger partial charge in [0.2, 0.25) is 5.91 Å². The Labute approximate surface area is 140 Å². The number of carbonyl (C=O) groups excluding carboxylic acids is 1. The molecular formula is C19H19N3O2. The van der Waals surface area contributed by atoms with Gasteiger partial charge in [0.15, 0.2) is 0 Å². The highest BCUT2D eigenvalue weighted by Crippen LogP contribution is 2.43. The molecular weight excluding hydrogens is 302 g/mol. The van der Waals surface area contributed by atoms with E-state index in [2.05, 4.69) is 0 Å². The van der Waals surface area contributed by atoms with Gasteiger partial charge in [-0.3, -0.25) is 4.79 Å². The van der Waals surface area contributed by atoms with E-state index in [0.717, 1.165) is 33.7 Å². The minimum absolute atomic E-state index is 0.103. The molecule has 0 unspecified atom stereocenters. The number of phenols is 1. The third-order valence-electron chi connectivity index (χ3n) is 5.00. The molecule has 2 heterocycles. The molecule has 122 valence electrons. The molecule has 0 atom stereocenters. The van der Waals surface area contributed by atoms with Crippen molar-refractivity contribution in [2.75, 3.05) is 11.9 Å². The Kier molecular flexibility index (Phi) is 2.83. The van der Waals surface area contributed by atoms with Crippen LogP contribution in [0, 0.1) is 0 Å². The number of anilines is 1. The number of carbonyl (C=O) groups is 1. The lowest BCUT2D eigenvalue weighted by atomic mass is 9.86. The van der Waals surface area contributed by atoms with Crippen molar-refractivity contribution in [1.82, 2.24) is 9.55 Å². The van der Waals surface area contributed by atoms with Gasteiger partial charge < -0.3 is 14.6 Å². The highest BCUT2D eigenvalue weighted by atomic mass is 16.3. The van der Waals surface area contributed by atoms with Crippen molar-refractivity contribution in [1.29, 1.82) is 0 Å². The smallest absolute Gasteiger partial charge is 0.236 e. The second kappa shape index (κ2) is 4.60. The van der Waals surface area contributed by atoms with Crippen LogP contribution in [0.15, 0.2) is 36.4 Å². The first-order valence-electron chi connectivity index (χ1n) is 7.89. The zero-order valence-corrected chi connectivity index (χ0v) is 14.2. The molecule has 24 heavy (non-hydrogen) atoms. The molecule has 0 aliphatic carbocycles. The molecule has 0 saturated carbocycles. The van der Waals surface area contributed by atoms with Gasteiger partial charge >= 0.3 is 0 Å². The monoisotopic (exact) mass is 321 g/mol. The number of likely N-dealkylation sites (N-methyl/N-ethyl adjacent to an activating group) is 1. The average molecular weight is 321 g/mol. The molecule has 1 aliphatic rings. The average Bonchev–Trinajstić information content (AvgIpc) is 2.96. The van der Waals surface area contributed by atoms with Crippen LogP contribution in [0.25, 0.3) is 22.4 Å². The molecule has 5 nitrogen and oxygen atoms in total. The highest BCUT2D eigenvalue weighted by Gasteiger charge is 2.42. The van der Waals surface area contributed by atoms with Crippen LogP contribution in [0.3, 0.4) is 0 Å². The van der Waals surface area contributed by atoms with E-state index in [1.165, 1.54) is 0 Å². The summed E-state index contributed by atoms with van der Waals surface area (Å²) >= 11 is 0. The van der Waals surface area contributed by atoms with Crippen LogP contribution in [0.2, 0.25) is 0 Å². The highest BCUT2D eigenvalue weighted by molar-refractivity contribution is 6.09. The summed E-state index contributed by atoms with van der Waals surface area (Å²) in [4.78, 5) is 18.9. The summed E-state index contributed by atoms with van der Waals surface area (Å²) in [5, 5.41) is 9.47. The number of imidazole rings is 1. The number of amides is 1. The topological polar surface area (TPSA) is 58.4 Å². The molecule has 0 radical (unpaired) electrons. The standard InChI is InChI=1S/C19H19N3O2/c1-19(2)13-9-14-16(10-15(13)22(4)18(19)24)21(3)17(20-14)11-5-7-12(23)8-6-11/h5-10,23H,1-4H3. The molecule has 0 spiro atoms. The molecule has 2 aromatic carbocycles. The predicted octanol–water partition coefficient (Wildman–Crippen LogP) is 3.20. The van der Waals surface area contributed by atoms with Gasteiger partial charge in [-0.2, -0.15) is 0 Å². The number of fused-ring (bicyclic) bond motifs is 2. The van der Waals surface area contributed by atoms with E-state index in [0.29, 0.717) is 0 Å². The zero-order valence-electron chi connectivity index (χ0n) is 14.2. The van der Waals surface area contributed by atoms with Crippen molar-refractivity contribution in [2.24, 2.45) is 7.05 Å². The Hall–Kier alpha value is -2.82. The van der Waals surface area contributed by atoms with Crippen LogP contribution in [0.1, 0.15) is 19.4 Å². The SMILES string of the molecule is CN1C(=O)C(C)(C)c2cc3nc(-c4ccc(O)cc4)n(C)c3cc21. The molecule has 1 aromatic heterocycles. The molecule has 0 fully saturated rings. The fourth-order valence-corrected chi connectivity index (χ4v) is 3.52. The number of aromatic hydroxyl groups is 1. The maximum Gasteiger partial charge on any atom is 0.236 e. The number of aromatic nitrogens is 2. The quantitative estimate of drug-likeness (QED) is 0.749. The van der Waals surface area contributed by atoms with Crippen molar-refractivity contribution < 1.29 is 9.90 Å². The van der Waals surface area contributed by atoms with Gasteiger partial charge in [0, 0.05) is 25.3 Å². The van der Waals surface area contributed by atoms with Gasteiger partial charge in [-0.05, 0) is 55.8 Å². The largest absolute Gasteiger partial charge is 0.508 e. The summed E-state index contributed by atoms with van der Waals surface area (Å²) in [7, 11) is 3.78. The Morgan fingerprint density at radius 1 is 1.08 bits per heavy atom. The van der Waals surface area contributed by atoms with Crippen molar-refractivity contribution >= 4 is 22.6 Å². The number of nitrogens with zero attached hydrogens (tertiary/aromatic N) is 3. The van der Waals surface area contributed by atoms with E-state index in [1.54, 1.807) is 17.0 Å². The molecule has 5 heteroatoms. The number of hydrogen-bond donors (Lipinski definition) is 1. The number of aryl methyl sites for hydroxylation is 1. The summed E-state index contributed by atoms with van der Waals surface area (Å²) in [5.41, 5.74) is 4.21. The van der Waals surface area contributed by atoms with Crippen LogP contribution in [-0.2, 0) is 17.3 Å². The van der Waals surface area contributed by atoms with Gasteiger partial charge in [-0.1, -0.05) is 0 Å². The summed E-state index contributed by atoms with van der Waals surface area (Å²) in [6.45, 7) is 3.90. The van der Waals surface area contributed by atoms with Crippen molar-refractivity contribution in [3.05, 3.63) is 42.0 Å². The Bertz CT molecular complexity index is 984. The third-order valence-corrected chi connectivity index (χ3v) is 5.00. The Balaban J connectivity index is 1.96. The molecule has 1 amide bonds. The van der Waals surface area contributed by atoms with Crippen LogP contribution >= 0.6 is 0 Å². The molecule has 0 saturated heterocycles. The van der Waals surface area contributed by atoms with Crippen molar-refractivity contribution in [3.63, 3.8) is 0 Å². The minimum atomic E-state index is -0.533. The molecule has 3 aromatic rings.